The Kier molecular flexibility index (Phi) is 6.77. The maximum atomic E-state index is 5.64. The SMILES string of the molecule is CCOc1ccc(CNCCCn2ccnc2)cc1OCC. The summed E-state index contributed by atoms with van der Waals surface area (Å²) in [5.74, 6) is 1.63. The summed E-state index contributed by atoms with van der Waals surface area (Å²) in [6, 6.07) is 6.12. The molecule has 2 rings (SSSR count). The fourth-order valence-electron chi connectivity index (χ4n) is 2.24. The third-order valence-corrected chi connectivity index (χ3v) is 3.27. The molecule has 0 saturated carbocycles. The summed E-state index contributed by atoms with van der Waals surface area (Å²) >= 11 is 0. The second-order valence-corrected chi connectivity index (χ2v) is 4.98. The van der Waals surface area contributed by atoms with Crippen LogP contribution >= 0.6 is 0 Å². The van der Waals surface area contributed by atoms with E-state index in [1.54, 1.807) is 0 Å². The van der Waals surface area contributed by atoms with Crippen molar-refractivity contribution in [1.29, 1.82) is 0 Å². The highest BCUT2D eigenvalue weighted by atomic mass is 16.5. The van der Waals surface area contributed by atoms with E-state index in [0.29, 0.717) is 13.2 Å². The quantitative estimate of drug-likeness (QED) is 0.686. The molecule has 5 heteroatoms. The number of aryl methyl sites for hydroxylation is 1. The van der Waals surface area contributed by atoms with Gasteiger partial charge in [0.2, 0.25) is 0 Å². The molecule has 0 radical (unpaired) electrons. The van der Waals surface area contributed by atoms with Crippen molar-refractivity contribution in [3.05, 3.63) is 42.5 Å². The number of benzene rings is 1. The van der Waals surface area contributed by atoms with Crippen LogP contribution in [0.2, 0.25) is 0 Å². The lowest BCUT2D eigenvalue weighted by molar-refractivity contribution is 0.287. The van der Waals surface area contributed by atoms with Gasteiger partial charge in [0.25, 0.3) is 0 Å². The summed E-state index contributed by atoms with van der Waals surface area (Å²) in [4.78, 5) is 4.04. The number of nitrogens with zero attached hydrogens (tertiary/aromatic N) is 2. The minimum absolute atomic E-state index is 0.641. The Bertz CT molecular complexity index is 541. The van der Waals surface area contributed by atoms with Crippen molar-refractivity contribution in [2.24, 2.45) is 0 Å². The maximum Gasteiger partial charge on any atom is 0.161 e. The van der Waals surface area contributed by atoms with E-state index in [9.17, 15) is 0 Å². The lowest BCUT2D eigenvalue weighted by Gasteiger charge is -2.13. The average Bonchev–Trinajstić information content (AvgIpc) is 3.03. The average molecular weight is 303 g/mol. The van der Waals surface area contributed by atoms with Crippen LogP contribution in [0.1, 0.15) is 25.8 Å². The summed E-state index contributed by atoms with van der Waals surface area (Å²) in [6.07, 6.45) is 6.72. The van der Waals surface area contributed by atoms with Gasteiger partial charge in [0.05, 0.1) is 19.5 Å². The lowest BCUT2D eigenvalue weighted by atomic mass is 10.2. The smallest absolute Gasteiger partial charge is 0.161 e. The highest BCUT2D eigenvalue weighted by Crippen LogP contribution is 2.28. The minimum atomic E-state index is 0.641. The van der Waals surface area contributed by atoms with Crippen LogP contribution in [0.15, 0.2) is 36.9 Å². The van der Waals surface area contributed by atoms with Crippen LogP contribution < -0.4 is 14.8 Å². The van der Waals surface area contributed by atoms with Gasteiger partial charge in [-0.25, -0.2) is 4.98 Å². The number of hydrogen-bond acceptors (Lipinski definition) is 4. The van der Waals surface area contributed by atoms with Crippen molar-refractivity contribution in [3.8, 4) is 11.5 Å². The summed E-state index contributed by atoms with van der Waals surface area (Å²) in [5, 5.41) is 3.45. The molecule has 5 nitrogen and oxygen atoms in total. The molecule has 1 heterocycles. The zero-order valence-electron chi connectivity index (χ0n) is 13.4. The Hall–Kier alpha value is -2.01. The van der Waals surface area contributed by atoms with Crippen molar-refractivity contribution < 1.29 is 9.47 Å². The van der Waals surface area contributed by atoms with Gasteiger partial charge in [0, 0.05) is 25.5 Å². The molecule has 0 amide bonds. The van der Waals surface area contributed by atoms with E-state index in [4.69, 9.17) is 9.47 Å². The molecule has 0 aliphatic carbocycles. The van der Waals surface area contributed by atoms with Crippen molar-refractivity contribution in [1.82, 2.24) is 14.9 Å². The lowest BCUT2D eigenvalue weighted by Crippen LogP contribution is -2.16. The molecule has 0 unspecified atom stereocenters. The number of aromatic nitrogens is 2. The van der Waals surface area contributed by atoms with Gasteiger partial charge in [-0.15, -0.1) is 0 Å². The van der Waals surface area contributed by atoms with Crippen LogP contribution in [-0.4, -0.2) is 29.3 Å². The fraction of sp³-hybridized carbons (Fsp3) is 0.471. The highest BCUT2D eigenvalue weighted by Gasteiger charge is 2.05. The summed E-state index contributed by atoms with van der Waals surface area (Å²) in [7, 11) is 0. The first-order chi connectivity index (χ1) is 10.8. The molecule has 0 atom stereocenters. The van der Waals surface area contributed by atoms with Crippen LogP contribution in [0.25, 0.3) is 0 Å². The van der Waals surface area contributed by atoms with Gasteiger partial charge in [-0.3, -0.25) is 0 Å². The number of ether oxygens (including phenoxy) is 2. The van der Waals surface area contributed by atoms with Crippen LogP contribution in [0.5, 0.6) is 11.5 Å². The largest absolute Gasteiger partial charge is 0.490 e. The molecule has 0 fully saturated rings. The Labute approximate surface area is 132 Å². The molecule has 1 N–H and O–H groups in total. The van der Waals surface area contributed by atoms with E-state index in [1.807, 2.05) is 38.6 Å². The zero-order chi connectivity index (χ0) is 15.6. The molecule has 0 saturated heterocycles. The molecule has 0 spiro atoms. The Morgan fingerprint density at radius 3 is 2.68 bits per heavy atom. The molecule has 22 heavy (non-hydrogen) atoms. The molecule has 0 aliphatic heterocycles. The van der Waals surface area contributed by atoms with E-state index in [0.717, 1.165) is 37.6 Å². The molecular formula is C17H25N3O2. The van der Waals surface area contributed by atoms with Gasteiger partial charge in [-0.05, 0) is 44.5 Å². The maximum absolute atomic E-state index is 5.64. The first-order valence-electron chi connectivity index (χ1n) is 7.88. The predicted molar refractivity (Wildman–Crippen MR) is 87.3 cm³/mol. The van der Waals surface area contributed by atoms with Crippen LogP contribution in [0.4, 0.5) is 0 Å². The normalized spacial score (nSPS) is 10.6. The van der Waals surface area contributed by atoms with Crippen LogP contribution in [-0.2, 0) is 13.1 Å². The van der Waals surface area contributed by atoms with Crippen LogP contribution in [0, 0.1) is 0 Å². The predicted octanol–water partition coefficient (Wildman–Crippen LogP) is 2.86. The van der Waals surface area contributed by atoms with Gasteiger partial charge in [0.15, 0.2) is 11.5 Å². The van der Waals surface area contributed by atoms with Crippen molar-refractivity contribution in [2.75, 3.05) is 19.8 Å². The zero-order valence-corrected chi connectivity index (χ0v) is 13.4. The summed E-state index contributed by atoms with van der Waals surface area (Å²) < 4.78 is 13.3. The number of rotatable bonds is 10. The minimum Gasteiger partial charge on any atom is -0.490 e. The Morgan fingerprint density at radius 1 is 1.14 bits per heavy atom. The summed E-state index contributed by atoms with van der Waals surface area (Å²) in [5.41, 5.74) is 1.20. The van der Waals surface area contributed by atoms with E-state index in [2.05, 4.69) is 27.0 Å². The third-order valence-electron chi connectivity index (χ3n) is 3.27. The number of imidazole rings is 1. The monoisotopic (exact) mass is 303 g/mol. The number of nitrogens with one attached hydrogen (secondary N) is 1. The molecule has 120 valence electrons. The molecule has 2 aromatic rings. The Morgan fingerprint density at radius 2 is 1.95 bits per heavy atom. The van der Waals surface area contributed by atoms with Gasteiger partial charge >= 0.3 is 0 Å². The second kappa shape index (κ2) is 9.10. The number of hydrogen-bond donors (Lipinski definition) is 1. The standard InChI is InChI=1S/C17H25N3O2/c1-3-21-16-7-6-15(12-17(16)22-4-2)13-18-8-5-10-20-11-9-19-14-20/h6-7,9,11-12,14,18H,3-5,8,10,13H2,1-2H3. The third kappa shape index (κ3) is 5.07. The molecule has 0 bridgehead atoms. The van der Waals surface area contributed by atoms with E-state index in [1.165, 1.54) is 5.56 Å². The fourth-order valence-corrected chi connectivity index (χ4v) is 2.24. The van der Waals surface area contributed by atoms with Crippen molar-refractivity contribution >= 4 is 0 Å². The van der Waals surface area contributed by atoms with E-state index in [-0.39, 0.29) is 0 Å². The first kappa shape index (κ1) is 16.4. The van der Waals surface area contributed by atoms with Crippen LogP contribution in [0.3, 0.4) is 0 Å². The molecule has 0 aliphatic rings. The van der Waals surface area contributed by atoms with Crippen molar-refractivity contribution in [3.63, 3.8) is 0 Å². The second-order valence-electron chi connectivity index (χ2n) is 4.98. The van der Waals surface area contributed by atoms with E-state index >= 15 is 0 Å². The van der Waals surface area contributed by atoms with Gasteiger partial charge in [-0.1, -0.05) is 6.07 Å². The van der Waals surface area contributed by atoms with Gasteiger partial charge < -0.3 is 19.4 Å². The molecule has 1 aromatic carbocycles. The van der Waals surface area contributed by atoms with Gasteiger partial charge in [0.1, 0.15) is 0 Å². The highest BCUT2D eigenvalue weighted by molar-refractivity contribution is 5.43. The summed E-state index contributed by atoms with van der Waals surface area (Å²) in [6.45, 7) is 8.03. The topological polar surface area (TPSA) is 48.3 Å². The van der Waals surface area contributed by atoms with Gasteiger partial charge in [-0.2, -0.15) is 0 Å². The molecule has 1 aromatic heterocycles. The van der Waals surface area contributed by atoms with Crippen molar-refractivity contribution in [2.45, 2.75) is 33.4 Å². The molecular weight excluding hydrogens is 278 g/mol. The van der Waals surface area contributed by atoms with E-state index < -0.39 is 0 Å². The first-order valence-corrected chi connectivity index (χ1v) is 7.88. The Balaban J connectivity index is 1.78.